The van der Waals surface area contributed by atoms with E-state index in [0.29, 0.717) is 34.1 Å². The van der Waals surface area contributed by atoms with Gasteiger partial charge in [-0.05, 0) is 54.8 Å². The maximum absolute atomic E-state index is 12.9. The Balaban J connectivity index is 1.55. The predicted molar refractivity (Wildman–Crippen MR) is 125 cm³/mol. The Morgan fingerprint density at radius 1 is 1.03 bits per heavy atom. The van der Waals surface area contributed by atoms with E-state index in [1.165, 1.54) is 0 Å². The molecular formula is C24H20ClNO4S. The number of ether oxygens (including phenoxy) is 1. The van der Waals surface area contributed by atoms with Crippen molar-refractivity contribution in [2.24, 2.45) is 0 Å². The van der Waals surface area contributed by atoms with E-state index in [4.69, 9.17) is 20.8 Å². The molecule has 0 aliphatic rings. The highest BCUT2D eigenvalue weighted by atomic mass is 35.5. The van der Waals surface area contributed by atoms with Crippen molar-refractivity contribution in [3.8, 4) is 5.75 Å². The minimum atomic E-state index is -0.798. The van der Waals surface area contributed by atoms with Crippen LogP contribution in [0.2, 0.25) is 5.02 Å². The largest absolute Gasteiger partial charge is 0.456 e. The van der Waals surface area contributed by atoms with Crippen LogP contribution in [-0.2, 0) is 4.79 Å². The highest BCUT2D eigenvalue weighted by Crippen LogP contribution is 2.31. The number of nitrogens with one attached hydrogen (secondary N) is 1. The summed E-state index contributed by atoms with van der Waals surface area (Å²) in [5.41, 5.74) is 1.80. The fraction of sp³-hybridized carbons (Fsp3) is 0.167. The van der Waals surface area contributed by atoms with Gasteiger partial charge in [-0.25, -0.2) is 4.79 Å². The molecule has 0 radical (unpaired) electrons. The highest BCUT2D eigenvalue weighted by Gasteiger charge is 2.24. The molecule has 0 aliphatic heterocycles. The average Bonchev–Trinajstić information content (AvgIpc) is 3.14. The summed E-state index contributed by atoms with van der Waals surface area (Å²) >= 11 is 7.71. The van der Waals surface area contributed by atoms with Crippen LogP contribution >= 0.6 is 23.4 Å². The number of furan rings is 1. The molecular weight excluding hydrogens is 434 g/mol. The van der Waals surface area contributed by atoms with Gasteiger partial charge in [0.15, 0.2) is 0 Å². The van der Waals surface area contributed by atoms with Gasteiger partial charge in [-0.1, -0.05) is 41.9 Å². The van der Waals surface area contributed by atoms with Gasteiger partial charge in [0.1, 0.15) is 23.0 Å². The number of fused-ring (bicyclic) bond motifs is 3. The number of hydrogen-bond donors (Lipinski definition) is 1. The lowest BCUT2D eigenvalue weighted by Gasteiger charge is -2.17. The van der Waals surface area contributed by atoms with Crippen LogP contribution in [0.15, 0.2) is 71.1 Å². The zero-order valence-corrected chi connectivity index (χ0v) is 18.3. The molecule has 0 bridgehead atoms. The summed E-state index contributed by atoms with van der Waals surface area (Å²) in [4.78, 5) is 25.6. The van der Waals surface area contributed by atoms with Crippen molar-refractivity contribution in [2.75, 3.05) is 12.0 Å². The molecule has 158 valence electrons. The second kappa shape index (κ2) is 9.45. The van der Waals surface area contributed by atoms with Gasteiger partial charge >= 0.3 is 5.97 Å². The van der Waals surface area contributed by atoms with Crippen LogP contribution in [0.5, 0.6) is 5.75 Å². The first-order valence-electron chi connectivity index (χ1n) is 9.74. The van der Waals surface area contributed by atoms with E-state index in [2.05, 4.69) is 5.32 Å². The number of para-hydroxylation sites is 1. The molecule has 1 aromatic heterocycles. The van der Waals surface area contributed by atoms with Gasteiger partial charge in [0, 0.05) is 10.8 Å². The van der Waals surface area contributed by atoms with E-state index in [0.717, 1.165) is 16.4 Å². The minimum Gasteiger partial charge on any atom is -0.456 e. The first kappa shape index (κ1) is 21.3. The molecule has 0 fully saturated rings. The monoisotopic (exact) mass is 453 g/mol. The maximum Gasteiger partial charge on any atom is 0.334 e. The fourth-order valence-electron chi connectivity index (χ4n) is 3.32. The summed E-state index contributed by atoms with van der Waals surface area (Å²) in [6.45, 7) is 0. The second-order valence-corrected chi connectivity index (χ2v) is 8.36. The Morgan fingerprint density at radius 3 is 2.58 bits per heavy atom. The van der Waals surface area contributed by atoms with Crippen molar-refractivity contribution in [3.05, 3.63) is 77.3 Å². The Hall–Kier alpha value is -2.96. The van der Waals surface area contributed by atoms with E-state index >= 15 is 0 Å². The third-order valence-corrected chi connectivity index (χ3v) is 5.86. The van der Waals surface area contributed by atoms with Crippen molar-refractivity contribution in [1.82, 2.24) is 5.32 Å². The Kier molecular flexibility index (Phi) is 6.49. The molecule has 1 N–H and O–H groups in total. The number of amides is 1. The van der Waals surface area contributed by atoms with Crippen LogP contribution < -0.4 is 10.1 Å². The number of thioether (sulfide) groups is 1. The van der Waals surface area contributed by atoms with Crippen LogP contribution in [0.4, 0.5) is 0 Å². The van der Waals surface area contributed by atoms with Gasteiger partial charge < -0.3 is 14.5 Å². The molecule has 31 heavy (non-hydrogen) atoms. The molecule has 3 aromatic carbocycles. The van der Waals surface area contributed by atoms with E-state index in [1.54, 1.807) is 54.2 Å². The zero-order chi connectivity index (χ0) is 21.8. The predicted octanol–water partition coefficient (Wildman–Crippen LogP) is 5.70. The number of carbonyl (C=O) groups is 2. The molecule has 7 heteroatoms. The molecule has 0 saturated carbocycles. The number of benzene rings is 3. The third-order valence-electron chi connectivity index (χ3n) is 4.89. The number of rotatable bonds is 7. The fourth-order valence-corrected chi connectivity index (χ4v) is 4.01. The molecule has 1 amide bonds. The third kappa shape index (κ3) is 4.70. The Labute approximate surface area is 188 Å². The number of esters is 1. The smallest absolute Gasteiger partial charge is 0.334 e. The summed E-state index contributed by atoms with van der Waals surface area (Å²) < 4.78 is 11.4. The summed E-state index contributed by atoms with van der Waals surface area (Å²) in [5.74, 6) is 0.144. The van der Waals surface area contributed by atoms with E-state index in [-0.39, 0.29) is 0 Å². The van der Waals surface area contributed by atoms with Crippen LogP contribution in [0.1, 0.15) is 16.8 Å². The van der Waals surface area contributed by atoms with Gasteiger partial charge in [0.25, 0.3) is 5.91 Å². The highest BCUT2D eigenvalue weighted by molar-refractivity contribution is 7.98. The molecule has 0 saturated heterocycles. The molecule has 5 nitrogen and oxygen atoms in total. The zero-order valence-electron chi connectivity index (χ0n) is 16.8. The van der Waals surface area contributed by atoms with Gasteiger partial charge in [-0.15, -0.1) is 0 Å². The minimum absolute atomic E-state index is 0.317. The van der Waals surface area contributed by atoms with E-state index < -0.39 is 17.9 Å². The molecule has 4 aromatic rings. The van der Waals surface area contributed by atoms with E-state index in [1.807, 2.05) is 30.5 Å². The summed E-state index contributed by atoms with van der Waals surface area (Å²) in [6.07, 6.45) is 2.38. The number of halogens is 1. The SMILES string of the molecule is CSCCC(NC(=O)c1ccccc1Cl)C(=O)Oc1ccc2oc3ccccc3c2c1. The van der Waals surface area contributed by atoms with Gasteiger partial charge in [0.05, 0.1) is 10.6 Å². The van der Waals surface area contributed by atoms with Crippen LogP contribution in [0.25, 0.3) is 21.9 Å². The van der Waals surface area contributed by atoms with Crippen molar-refractivity contribution < 1.29 is 18.7 Å². The summed E-state index contributed by atoms with van der Waals surface area (Å²) in [6, 6.07) is 18.8. The standard InChI is InChI=1S/C24H20ClNO4S/c1-31-13-12-20(26-23(27)17-7-2-4-8-19(17)25)24(28)29-15-10-11-22-18(14-15)16-6-3-5-9-21(16)30-22/h2-11,14,20H,12-13H2,1H3,(H,26,27). The van der Waals surface area contributed by atoms with Crippen molar-refractivity contribution in [2.45, 2.75) is 12.5 Å². The molecule has 0 aliphatic carbocycles. The quantitative estimate of drug-likeness (QED) is 0.287. The van der Waals surface area contributed by atoms with Gasteiger partial charge in [-0.2, -0.15) is 11.8 Å². The van der Waals surface area contributed by atoms with Gasteiger partial charge in [-0.3, -0.25) is 4.79 Å². The second-order valence-electron chi connectivity index (χ2n) is 6.96. The Bertz CT molecular complexity index is 1250. The lowest BCUT2D eigenvalue weighted by atomic mass is 10.1. The summed E-state index contributed by atoms with van der Waals surface area (Å²) in [7, 11) is 0. The van der Waals surface area contributed by atoms with Crippen LogP contribution in [0.3, 0.4) is 0 Å². The molecule has 1 atom stereocenters. The number of carbonyl (C=O) groups excluding carboxylic acids is 2. The lowest BCUT2D eigenvalue weighted by Crippen LogP contribution is -2.43. The normalized spacial score (nSPS) is 12.1. The summed E-state index contributed by atoms with van der Waals surface area (Å²) in [5, 5.41) is 4.90. The maximum atomic E-state index is 12.9. The Morgan fingerprint density at radius 2 is 1.77 bits per heavy atom. The van der Waals surface area contributed by atoms with Crippen molar-refractivity contribution >= 4 is 57.2 Å². The number of hydrogen-bond acceptors (Lipinski definition) is 5. The molecule has 1 heterocycles. The van der Waals surface area contributed by atoms with Crippen molar-refractivity contribution in [3.63, 3.8) is 0 Å². The van der Waals surface area contributed by atoms with E-state index in [9.17, 15) is 9.59 Å². The van der Waals surface area contributed by atoms with Crippen LogP contribution in [0, 0.1) is 0 Å². The average molecular weight is 454 g/mol. The first-order valence-corrected chi connectivity index (χ1v) is 11.5. The van der Waals surface area contributed by atoms with Crippen LogP contribution in [-0.4, -0.2) is 29.9 Å². The first-order chi connectivity index (χ1) is 15.1. The lowest BCUT2D eigenvalue weighted by molar-refractivity contribution is -0.136. The molecule has 4 rings (SSSR count). The topological polar surface area (TPSA) is 68.5 Å². The van der Waals surface area contributed by atoms with Gasteiger partial charge in [0.2, 0.25) is 0 Å². The van der Waals surface area contributed by atoms with Crippen molar-refractivity contribution in [1.29, 1.82) is 0 Å². The molecule has 1 unspecified atom stereocenters. The molecule has 0 spiro atoms.